The maximum atomic E-state index is 10.9. The highest BCUT2D eigenvalue weighted by atomic mass is 32.2. The predicted molar refractivity (Wildman–Crippen MR) is 206 cm³/mol. The smallest absolute Gasteiger partial charge is 0.333 e. The van der Waals surface area contributed by atoms with Crippen molar-refractivity contribution in [3.05, 3.63) is 12.7 Å². The molecule has 0 amide bonds. The van der Waals surface area contributed by atoms with Gasteiger partial charge in [0.25, 0.3) is 0 Å². The van der Waals surface area contributed by atoms with E-state index in [4.69, 9.17) is 30.5 Å². The van der Waals surface area contributed by atoms with E-state index in [0.717, 1.165) is 10.4 Å². The van der Waals surface area contributed by atoms with E-state index >= 15 is 0 Å². The highest BCUT2D eigenvalue weighted by Crippen LogP contribution is 2.42. The van der Waals surface area contributed by atoms with Crippen LogP contribution in [0, 0.1) is 0 Å². The quantitative estimate of drug-likeness (QED) is 0.114. The Morgan fingerprint density at radius 3 is 1.81 bits per heavy atom. The molecule has 6 rings (SSSR count). The fourth-order valence-electron chi connectivity index (χ4n) is 5.48. The summed E-state index contributed by atoms with van der Waals surface area (Å²) in [5.41, 5.74) is 13.0. The molecule has 0 saturated carbocycles. The number of anilines is 2. The second kappa shape index (κ2) is 17.4. The summed E-state index contributed by atoms with van der Waals surface area (Å²) in [4.78, 5) is 16.6. The van der Waals surface area contributed by atoms with Crippen molar-refractivity contribution in [1.29, 1.82) is 0 Å². The van der Waals surface area contributed by atoms with Crippen LogP contribution < -0.4 is 16.6 Å². The number of nitrogens with two attached hydrogens (primary N) is 3. The van der Waals surface area contributed by atoms with Gasteiger partial charge in [-0.2, -0.15) is 18.6 Å². The van der Waals surface area contributed by atoms with Gasteiger partial charge in [0.15, 0.2) is 32.1 Å². The number of aliphatic hydroxyl groups is 2. The van der Waals surface area contributed by atoms with Gasteiger partial charge >= 0.3 is 10.3 Å². The number of fused-ring (bicyclic) bond motifs is 2. The molecule has 2 aliphatic heterocycles. The van der Waals surface area contributed by atoms with Crippen LogP contribution in [-0.2, 0) is 28.4 Å². The minimum Gasteiger partial charge on any atom is -0.411 e. The molecule has 8 N–H and O–H groups in total. The molecule has 0 unspecified atom stereocenters. The standard InChI is InChI=1S/C17H29N5O3SSi.C11H16N6O5S2.C2H6/c1-17(2,3)27(5,6)25-10-7-12(24-11(10)8-23)22-15-13(16(21-22)26-4)14(18)19-9-20-15;1-23-11-8-9(12)14-4-15-10(8)17(16-11)7-2-5(18)6(22-7)3-21-24(13,19)20;1-2/h9-12,23H,7-8H2,1-6H3,(H2,18,19,20);4-7,18H,2-3H2,1H3,(H2,12,14,15)(H2,13,19,20);1-2H3/t10-,11+,12+;5-,6+,7+;/m00./s1. The summed E-state index contributed by atoms with van der Waals surface area (Å²) in [5, 5.41) is 36.6. The summed E-state index contributed by atoms with van der Waals surface area (Å²) < 4.78 is 47.8. The van der Waals surface area contributed by atoms with Crippen molar-refractivity contribution >= 4 is 75.8 Å². The molecule has 53 heavy (non-hydrogen) atoms. The van der Waals surface area contributed by atoms with Crippen LogP contribution in [0.1, 0.15) is 59.9 Å². The third-order valence-electron chi connectivity index (χ3n) is 9.12. The monoisotopic (exact) mass is 817 g/mol. The van der Waals surface area contributed by atoms with Crippen molar-refractivity contribution in [2.24, 2.45) is 5.14 Å². The SMILES string of the molecule is CC.CSc1nn([C@H]2C[C@H](O)[C@@H](COS(N)(=O)=O)O2)c2ncnc(N)c12.CSc1nn([C@H]2C[C@H](O[Si](C)(C)C(C)(C)C)[C@@H](CO)O2)c2ncnc(N)c12. The van der Waals surface area contributed by atoms with Crippen molar-refractivity contribution in [2.45, 2.75) is 113 Å². The average molecular weight is 818 g/mol. The first-order chi connectivity index (χ1) is 24.9. The first-order valence-corrected chi connectivity index (χ1v) is 23.7. The molecular weight excluding hydrogens is 767 g/mol. The molecule has 23 heteroatoms. The Balaban J connectivity index is 0.000000228. The van der Waals surface area contributed by atoms with Gasteiger partial charge in [-0.05, 0) is 30.6 Å². The zero-order chi connectivity index (χ0) is 39.5. The number of ether oxygens (including phenoxy) is 2. The molecule has 296 valence electrons. The molecule has 4 aromatic rings. The second-order valence-electron chi connectivity index (χ2n) is 13.5. The van der Waals surface area contributed by atoms with Gasteiger partial charge in [0.05, 0.1) is 36.2 Å². The van der Waals surface area contributed by atoms with Gasteiger partial charge < -0.3 is 35.6 Å². The van der Waals surface area contributed by atoms with Crippen molar-refractivity contribution in [3.63, 3.8) is 0 Å². The number of aromatic nitrogens is 8. The van der Waals surface area contributed by atoms with E-state index < -0.39 is 37.1 Å². The van der Waals surface area contributed by atoms with Crippen LogP contribution >= 0.6 is 23.5 Å². The van der Waals surface area contributed by atoms with Crippen molar-refractivity contribution < 1.29 is 36.7 Å². The lowest BCUT2D eigenvalue weighted by Crippen LogP contribution is -2.46. The van der Waals surface area contributed by atoms with Crippen LogP contribution in [0.5, 0.6) is 0 Å². The number of nitrogens with zero attached hydrogens (tertiary/aromatic N) is 8. The Hall–Kier alpha value is -2.71. The molecule has 0 aromatic carbocycles. The maximum absolute atomic E-state index is 10.9. The number of hydrogen-bond acceptors (Lipinski definition) is 18. The first kappa shape index (κ1) is 43.0. The molecule has 6 atom stereocenters. The molecule has 2 fully saturated rings. The largest absolute Gasteiger partial charge is 0.411 e. The van der Waals surface area contributed by atoms with E-state index in [-0.39, 0.29) is 43.1 Å². The first-order valence-electron chi connectivity index (χ1n) is 16.9. The van der Waals surface area contributed by atoms with Crippen LogP contribution in [0.3, 0.4) is 0 Å². The molecule has 4 aromatic heterocycles. The third-order valence-corrected chi connectivity index (χ3v) is 15.4. The van der Waals surface area contributed by atoms with Crippen LogP contribution in [0.25, 0.3) is 22.1 Å². The highest BCUT2D eigenvalue weighted by molar-refractivity contribution is 7.99. The molecule has 0 bridgehead atoms. The zero-order valence-corrected chi connectivity index (χ0v) is 34.8. The summed E-state index contributed by atoms with van der Waals surface area (Å²) in [6, 6.07) is 0. The third kappa shape index (κ3) is 9.57. The predicted octanol–water partition coefficient (Wildman–Crippen LogP) is 2.83. The zero-order valence-electron chi connectivity index (χ0n) is 31.3. The number of rotatable bonds is 10. The second-order valence-corrected chi connectivity index (χ2v) is 21.1. The molecule has 0 spiro atoms. The van der Waals surface area contributed by atoms with Crippen LogP contribution in [0.15, 0.2) is 22.7 Å². The van der Waals surface area contributed by atoms with Crippen molar-refractivity contribution in [3.8, 4) is 0 Å². The van der Waals surface area contributed by atoms with Crippen LogP contribution in [-0.4, -0.2) is 117 Å². The molecule has 0 radical (unpaired) electrons. The Labute approximate surface area is 318 Å². The van der Waals surface area contributed by atoms with E-state index in [1.165, 1.54) is 40.9 Å². The maximum Gasteiger partial charge on any atom is 0.333 e. The minimum absolute atomic E-state index is 0.0805. The van der Waals surface area contributed by atoms with Crippen LogP contribution in [0.4, 0.5) is 11.6 Å². The summed E-state index contributed by atoms with van der Waals surface area (Å²) in [5.74, 6) is 0.699. The number of aliphatic hydroxyl groups excluding tert-OH is 2. The van der Waals surface area contributed by atoms with Gasteiger partial charge in [-0.15, -0.1) is 23.5 Å². The normalized spacial score (nSPS) is 23.5. The lowest BCUT2D eigenvalue weighted by molar-refractivity contribution is -0.0453. The van der Waals surface area contributed by atoms with Gasteiger partial charge in [0.1, 0.15) is 46.6 Å². The highest BCUT2D eigenvalue weighted by Gasteiger charge is 2.45. The Morgan fingerprint density at radius 2 is 1.38 bits per heavy atom. The van der Waals surface area contributed by atoms with E-state index in [2.05, 4.69) is 68.2 Å². The molecular formula is C30H51N11O8S3Si. The summed E-state index contributed by atoms with van der Waals surface area (Å²) >= 11 is 2.87. The van der Waals surface area contributed by atoms with E-state index in [0.29, 0.717) is 39.8 Å². The Kier molecular flexibility index (Phi) is 14.1. The molecule has 2 saturated heterocycles. The van der Waals surface area contributed by atoms with E-state index in [1.807, 2.05) is 26.4 Å². The van der Waals surface area contributed by atoms with Gasteiger partial charge in [-0.1, -0.05) is 34.6 Å². The number of thioether (sulfide) groups is 2. The lowest BCUT2D eigenvalue weighted by Gasteiger charge is -2.39. The Morgan fingerprint density at radius 1 is 0.906 bits per heavy atom. The molecule has 0 aliphatic carbocycles. The molecule has 2 aliphatic rings. The van der Waals surface area contributed by atoms with Crippen molar-refractivity contribution in [2.75, 3.05) is 37.2 Å². The van der Waals surface area contributed by atoms with Gasteiger partial charge in [0, 0.05) is 12.8 Å². The minimum atomic E-state index is -4.11. The van der Waals surface area contributed by atoms with Crippen LogP contribution in [0.2, 0.25) is 18.1 Å². The fourth-order valence-corrected chi connectivity index (χ4v) is 8.30. The summed E-state index contributed by atoms with van der Waals surface area (Å²) in [6.45, 7) is 14.5. The molecule has 6 heterocycles. The van der Waals surface area contributed by atoms with Gasteiger partial charge in [-0.25, -0.2) is 34.4 Å². The number of nitrogen functional groups attached to an aromatic ring is 2. The topological polar surface area (TPSA) is 277 Å². The summed E-state index contributed by atoms with van der Waals surface area (Å²) in [6.07, 6.45) is 3.93. The lowest BCUT2D eigenvalue weighted by atomic mass is 10.2. The number of hydrogen-bond donors (Lipinski definition) is 5. The Bertz CT molecular complexity index is 1960. The van der Waals surface area contributed by atoms with E-state index in [1.54, 1.807) is 4.68 Å². The van der Waals surface area contributed by atoms with Gasteiger partial charge in [-0.3, -0.25) is 4.18 Å². The van der Waals surface area contributed by atoms with E-state index in [9.17, 15) is 18.6 Å². The average Bonchev–Trinajstić information content (AvgIpc) is 3.87. The van der Waals surface area contributed by atoms with Crippen molar-refractivity contribution in [1.82, 2.24) is 39.5 Å². The summed E-state index contributed by atoms with van der Waals surface area (Å²) in [7, 11) is -6.10. The fraction of sp³-hybridized carbons (Fsp3) is 0.667. The van der Waals surface area contributed by atoms with Gasteiger partial charge in [0.2, 0.25) is 0 Å². The molecule has 19 nitrogen and oxygen atoms in total.